The van der Waals surface area contributed by atoms with E-state index in [2.05, 4.69) is 21.8 Å². The normalized spacial score (nSPS) is 17.3. The van der Waals surface area contributed by atoms with Gasteiger partial charge < -0.3 is 9.88 Å². The second kappa shape index (κ2) is 6.03. The molecule has 4 nitrogen and oxygen atoms in total. The lowest BCUT2D eigenvalue weighted by Crippen LogP contribution is -2.44. The van der Waals surface area contributed by atoms with Crippen LogP contribution < -0.4 is 5.43 Å². The molecule has 2 heterocycles. The summed E-state index contributed by atoms with van der Waals surface area (Å²) in [6.45, 7) is 8.76. The summed E-state index contributed by atoms with van der Waals surface area (Å²) in [5, 5.41) is 1.42. The molecular weight excluding hydrogens is 298 g/mol. The van der Waals surface area contributed by atoms with Gasteiger partial charge in [0.1, 0.15) is 0 Å². The summed E-state index contributed by atoms with van der Waals surface area (Å²) in [7, 11) is 2.14. The van der Waals surface area contributed by atoms with Crippen LogP contribution in [0.4, 0.5) is 0 Å². The van der Waals surface area contributed by atoms with E-state index >= 15 is 0 Å². The lowest BCUT2D eigenvalue weighted by atomic mass is 10.1. The van der Waals surface area contributed by atoms with Gasteiger partial charge in [-0.25, -0.2) is 0 Å². The molecule has 0 unspecified atom stereocenters. The molecule has 2 aromatic rings. The third kappa shape index (κ3) is 2.78. The molecule has 1 aliphatic heterocycles. The summed E-state index contributed by atoms with van der Waals surface area (Å²) >= 11 is 6.17. The predicted molar refractivity (Wildman–Crippen MR) is 91.8 cm³/mol. The van der Waals surface area contributed by atoms with Gasteiger partial charge in [-0.15, -0.1) is 0 Å². The van der Waals surface area contributed by atoms with E-state index in [9.17, 15) is 4.79 Å². The Hall–Kier alpha value is -1.36. The number of piperazine rings is 1. The summed E-state index contributed by atoms with van der Waals surface area (Å²) in [6.07, 6.45) is 0. The number of hydrogen-bond acceptors (Lipinski definition) is 3. The van der Waals surface area contributed by atoms with Crippen LogP contribution in [0.5, 0.6) is 0 Å². The van der Waals surface area contributed by atoms with Crippen LogP contribution in [-0.4, -0.2) is 48.0 Å². The Bertz CT molecular complexity index is 761. The van der Waals surface area contributed by atoms with Gasteiger partial charge in [0.25, 0.3) is 0 Å². The molecule has 0 radical (unpaired) electrons. The van der Waals surface area contributed by atoms with Crippen molar-refractivity contribution in [3.8, 4) is 0 Å². The molecule has 1 fully saturated rings. The summed E-state index contributed by atoms with van der Waals surface area (Å²) in [6, 6.07) is 3.64. The first-order valence-electron chi connectivity index (χ1n) is 7.69. The zero-order valence-corrected chi connectivity index (χ0v) is 14.1. The maximum absolute atomic E-state index is 12.9. The molecule has 1 N–H and O–H groups in total. The third-order valence-electron chi connectivity index (χ3n) is 4.66. The Morgan fingerprint density at radius 2 is 1.86 bits per heavy atom. The van der Waals surface area contributed by atoms with Crippen molar-refractivity contribution in [2.24, 2.45) is 0 Å². The van der Waals surface area contributed by atoms with Crippen molar-refractivity contribution in [3.63, 3.8) is 0 Å². The molecule has 0 spiro atoms. The van der Waals surface area contributed by atoms with Crippen LogP contribution in [0.2, 0.25) is 5.02 Å². The van der Waals surface area contributed by atoms with Gasteiger partial charge in [-0.3, -0.25) is 9.69 Å². The summed E-state index contributed by atoms with van der Waals surface area (Å²) in [5.41, 5.74) is 3.74. The van der Waals surface area contributed by atoms with Crippen LogP contribution in [0, 0.1) is 13.8 Å². The molecule has 3 rings (SSSR count). The molecule has 0 aliphatic carbocycles. The van der Waals surface area contributed by atoms with Crippen LogP contribution in [0.1, 0.15) is 16.8 Å². The maximum Gasteiger partial charge on any atom is 0.194 e. The molecule has 5 heteroatoms. The fourth-order valence-corrected chi connectivity index (χ4v) is 3.21. The van der Waals surface area contributed by atoms with Crippen molar-refractivity contribution < 1.29 is 0 Å². The van der Waals surface area contributed by atoms with Crippen molar-refractivity contribution >= 4 is 22.5 Å². The second-order valence-electron chi connectivity index (χ2n) is 6.23. The smallest absolute Gasteiger partial charge is 0.194 e. The van der Waals surface area contributed by atoms with Gasteiger partial charge in [0.2, 0.25) is 0 Å². The summed E-state index contributed by atoms with van der Waals surface area (Å²) < 4.78 is 0. The monoisotopic (exact) mass is 319 g/mol. The first kappa shape index (κ1) is 15.5. The number of aromatic amines is 1. The highest BCUT2D eigenvalue weighted by Gasteiger charge is 2.18. The largest absolute Gasteiger partial charge is 0.358 e. The Morgan fingerprint density at radius 3 is 2.55 bits per heavy atom. The average Bonchev–Trinajstić information content (AvgIpc) is 2.50. The van der Waals surface area contributed by atoms with Gasteiger partial charge in [0, 0.05) is 54.4 Å². The lowest BCUT2D eigenvalue weighted by molar-refractivity contribution is 0.147. The summed E-state index contributed by atoms with van der Waals surface area (Å²) in [5.74, 6) is 0. The van der Waals surface area contributed by atoms with Crippen LogP contribution in [-0.2, 0) is 6.54 Å². The quantitative estimate of drug-likeness (QED) is 0.924. The van der Waals surface area contributed by atoms with Crippen molar-refractivity contribution in [3.05, 3.63) is 44.2 Å². The van der Waals surface area contributed by atoms with Gasteiger partial charge >= 0.3 is 0 Å². The lowest BCUT2D eigenvalue weighted by Gasteiger charge is -2.32. The number of rotatable bonds is 2. The van der Waals surface area contributed by atoms with Gasteiger partial charge in [-0.2, -0.15) is 0 Å². The number of benzene rings is 1. The molecule has 22 heavy (non-hydrogen) atoms. The second-order valence-corrected chi connectivity index (χ2v) is 6.64. The van der Waals surface area contributed by atoms with E-state index in [4.69, 9.17) is 11.6 Å². The van der Waals surface area contributed by atoms with E-state index in [1.807, 2.05) is 26.0 Å². The topological polar surface area (TPSA) is 39.3 Å². The SMILES string of the molecule is Cc1[nH]c2c(C)c(Cl)ccc2c(=O)c1CN1CCN(C)CC1. The standard InChI is InChI=1S/C17H22ClN3O/c1-11-15(18)5-4-13-16(11)19-12(2)14(17(13)22)10-21-8-6-20(3)7-9-21/h4-5H,6-10H2,1-3H3,(H,19,22). The van der Waals surface area contributed by atoms with Crippen molar-refractivity contribution in [2.75, 3.05) is 33.2 Å². The molecule has 1 aromatic carbocycles. The zero-order chi connectivity index (χ0) is 15.9. The predicted octanol–water partition coefficient (Wildman–Crippen LogP) is 2.55. The van der Waals surface area contributed by atoms with E-state index in [1.54, 1.807) is 0 Å². The van der Waals surface area contributed by atoms with E-state index in [0.29, 0.717) is 11.6 Å². The van der Waals surface area contributed by atoms with Crippen LogP contribution in [0.3, 0.4) is 0 Å². The first-order chi connectivity index (χ1) is 10.5. The van der Waals surface area contributed by atoms with Crippen LogP contribution in [0.25, 0.3) is 10.9 Å². The number of fused-ring (bicyclic) bond motifs is 1. The minimum Gasteiger partial charge on any atom is -0.358 e. The number of hydrogen-bond donors (Lipinski definition) is 1. The Kier molecular flexibility index (Phi) is 4.26. The number of nitrogens with zero attached hydrogens (tertiary/aromatic N) is 2. The number of halogens is 1. The minimum atomic E-state index is 0.130. The molecule has 118 valence electrons. The molecule has 0 saturated carbocycles. The first-order valence-corrected chi connectivity index (χ1v) is 8.06. The summed E-state index contributed by atoms with van der Waals surface area (Å²) in [4.78, 5) is 20.9. The van der Waals surface area contributed by atoms with Gasteiger partial charge in [0.05, 0.1) is 5.52 Å². The van der Waals surface area contributed by atoms with Crippen molar-refractivity contribution in [1.82, 2.24) is 14.8 Å². The fraction of sp³-hybridized carbons (Fsp3) is 0.471. The molecule has 1 saturated heterocycles. The van der Waals surface area contributed by atoms with Gasteiger partial charge in [-0.05, 0) is 38.6 Å². The molecular formula is C17H22ClN3O. The van der Waals surface area contributed by atoms with Crippen molar-refractivity contribution in [2.45, 2.75) is 20.4 Å². The van der Waals surface area contributed by atoms with Gasteiger partial charge in [0.15, 0.2) is 5.43 Å². The number of pyridine rings is 1. The molecule has 0 amide bonds. The molecule has 1 aromatic heterocycles. The number of aryl methyl sites for hydroxylation is 2. The Morgan fingerprint density at radius 1 is 1.18 bits per heavy atom. The Labute approximate surface area is 135 Å². The fourth-order valence-electron chi connectivity index (χ4n) is 3.05. The number of nitrogens with one attached hydrogen (secondary N) is 1. The van der Waals surface area contributed by atoms with E-state index in [1.165, 1.54) is 0 Å². The third-order valence-corrected chi connectivity index (χ3v) is 5.07. The maximum atomic E-state index is 12.9. The highest BCUT2D eigenvalue weighted by molar-refractivity contribution is 6.32. The van der Waals surface area contributed by atoms with Gasteiger partial charge in [-0.1, -0.05) is 11.6 Å². The molecule has 0 atom stereocenters. The number of likely N-dealkylation sites (N-methyl/N-ethyl adjacent to an activating group) is 1. The highest BCUT2D eigenvalue weighted by Crippen LogP contribution is 2.23. The molecule has 1 aliphatic rings. The minimum absolute atomic E-state index is 0.130. The zero-order valence-electron chi connectivity index (χ0n) is 13.4. The number of H-pyrrole nitrogens is 1. The van der Waals surface area contributed by atoms with Crippen LogP contribution >= 0.6 is 11.6 Å². The molecule has 0 bridgehead atoms. The average molecular weight is 320 g/mol. The highest BCUT2D eigenvalue weighted by atomic mass is 35.5. The van der Waals surface area contributed by atoms with Crippen LogP contribution in [0.15, 0.2) is 16.9 Å². The number of aromatic nitrogens is 1. The van der Waals surface area contributed by atoms with Crippen molar-refractivity contribution in [1.29, 1.82) is 0 Å². The van der Waals surface area contributed by atoms with E-state index in [0.717, 1.165) is 53.9 Å². The van der Waals surface area contributed by atoms with E-state index < -0.39 is 0 Å². The Balaban J connectivity index is 2.00. The van der Waals surface area contributed by atoms with E-state index in [-0.39, 0.29) is 5.43 Å².